The highest BCUT2D eigenvalue weighted by atomic mass is 19.1. The molecule has 1 saturated carbocycles. The average Bonchev–Trinajstić information content (AvgIpc) is 3.03. The van der Waals surface area contributed by atoms with Crippen LogP contribution in [0.1, 0.15) is 24.1 Å². The van der Waals surface area contributed by atoms with E-state index in [0.717, 1.165) is 43.0 Å². The van der Waals surface area contributed by atoms with E-state index in [9.17, 15) is 9.50 Å². The van der Waals surface area contributed by atoms with E-state index in [1.165, 1.54) is 12.1 Å². The number of benzene rings is 1. The molecule has 0 radical (unpaired) electrons. The number of aromatic nitrogens is 1. The van der Waals surface area contributed by atoms with E-state index in [-0.39, 0.29) is 5.82 Å². The van der Waals surface area contributed by atoms with Gasteiger partial charge in [0.15, 0.2) is 0 Å². The van der Waals surface area contributed by atoms with E-state index in [2.05, 4.69) is 16.0 Å². The molecular weight excluding hydrogens is 291 g/mol. The van der Waals surface area contributed by atoms with Gasteiger partial charge in [-0.15, -0.1) is 0 Å². The maximum absolute atomic E-state index is 13.1. The maximum atomic E-state index is 13.1. The van der Waals surface area contributed by atoms with Crippen molar-refractivity contribution in [3.8, 4) is 0 Å². The minimum Gasteiger partial charge on any atom is -0.385 e. The number of aliphatic hydroxyl groups is 1. The standard InChI is InChI=1S/C19H21FN2O/c1-13-3-2-4-18(21-13)22-11-14-9-19(23,10-15(14)12-22)16-5-7-17(20)8-6-16/h2-8,14-15,23H,9-12H2,1H3/t14-,15+,19-. The van der Waals surface area contributed by atoms with E-state index in [0.29, 0.717) is 11.8 Å². The molecule has 1 N–H and O–H groups in total. The fraction of sp³-hybridized carbons (Fsp3) is 0.421. The maximum Gasteiger partial charge on any atom is 0.128 e. The molecule has 2 heterocycles. The summed E-state index contributed by atoms with van der Waals surface area (Å²) in [6.07, 6.45) is 1.48. The third kappa shape index (κ3) is 2.61. The van der Waals surface area contributed by atoms with Crippen LogP contribution in [-0.4, -0.2) is 23.2 Å². The first-order valence-corrected chi connectivity index (χ1v) is 8.20. The van der Waals surface area contributed by atoms with Crippen molar-refractivity contribution in [1.82, 2.24) is 4.98 Å². The molecule has 1 aromatic carbocycles. The van der Waals surface area contributed by atoms with Gasteiger partial charge in [-0.05, 0) is 61.4 Å². The van der Waals surface area contributed by atoms with Gasteiger partial charge in [-0.25, -0.2) is 9.37 Å². The van der Waals surface area contributed by atoms with Gasteiger partial charge in [-0.2, -0.15) is 0 Å². The normalized spacial score (nSPS) is 29.8. The minimum absolute atomic E-state index is 0.257. The Bertz CT molecular complexity index is 702. The van der Waals surface area contributed by atoms with Crippen LogP contribution in [0.3, 0.4) is 0 Å². The number of anilines is 1. The number of rotatable bonds is 2. The lowest BCUT2D eigenvalue weighted by molar-refractivity contribution is 0.0365. The summed E-state index contributed by atoms with van der Waals surface area (Å²) in [4.78, 5) is 6.93. The fourth-order valence-corrected chi connectivity index (χ4v) is 4.24. The van der Waals surface area contributed by atoms with Crippen molar-refractivity contribution >= 4 is 5.82 Å². The Morgan fingerprint density at radius 2 is 1.74 bits per heavy atom. The van der Waals surface area contributed by atoms with Gasteiger partial charge < -0.3 is 10.0 Å². The Hall–Kier alpha value is -1.94. The fourth-order valence-electron chi connectivity index (χ4n) is 4.24. The Kier molecular flexibility index (Phi) is 3.38. The van der Waals surface area contributed by atoms with Crippen LogP contribution in [0.4, 0.5) is 10.2 Å². The Morgan fingerprint density at radius 3 is 2.35 bits per heavy atom. The Morgan fingerprint density at radius 1 is 1.09 bits per heavy atom. The average molecular weight is 312 g/mol. The summed E-state index contributed by atoms with van der Waals surface area (Å²) < 4.78 is 13.1. The second-order valence-corrected chi connectivity index (χ2v) is 7.01. The van der Waals surface area contributed by atoms with Crippen LogP contribution in [0.15, 0.2) is 42.5 Å². The first kappa shape index (κ1) is 14.6. The number of halogens is 1. The molecule has 1 saturated heterocycles. The molecule has 4 heteroatoms. The predicted octanol–water partition coefficient (Wildman–Crippen LogP) is 3.26. The molecular formula is C19H21FN2O. The summed E-state index contributed by atoms with van der Waals surface area (Å²) in [6.45, 7) is 3.88. The van der Waals surface area contributed by atoms with Crippen LogP contribution in [-0.2, 0) is 5.60 Å². The zero-order chi connectivity index (χ0) is 16.0. The molecule has 0 amide bonds. The van der Waals surface area contributed by atoms with E-state index in [1.807, 2.05) is 19.1 Å². The molecule has 2 aromatic rings. The van der Waals surface area contributed by atoms with Gasteiger partial charge in [0, 0.05) is 18.8 Å². The first-order chi connectivity index (χ1) is 11.0. The van der Waals surface area contributed by atoms with Gasteiger partial charge in [0.25, 0.3) is 0 Å². The van der Waals surface area contributed by atoms with Crippen LogP contribution in [0.25, 0.3) is 0 Å². The highest BCUT2D eigenvalue weighted by molar-refractivity contribution is 5.41. The molecule has 23 heavy (non-hydrogen) atoms. The van der Waals surface area contributed by atoms with Gasteiger partial charge >= 0.3 is 0 Å². The number of fused-ring (bicyclic) bond motifs is 1. The summed E-state index contributed by atoms with van der Waals surface area (Å²) in [5.74, 6) is 1.71. The van der Waals surface area contributed by atoms with E-state index < -0.39 is 5.60 Å². The monoisotopic (exact) mass is 312 g/mol. The lowest BCUT2D eigenvalue weighted by Gasteiger charge is -2.27. The topological polar surface area (TPSA) is 36.4 Å². The molecule has 3 atom stereocenters. The SMILES string of the molecule is Cc1cccc(N2C[C@@H]3C[C@@](O)(c4ccc(F)cc4)C[C@@H]3C2)n1. The molecule has 0 bridgehead atoms. The lowest BCUT2D eigenvalue weighted by Crippen LogP contribution is -2.28. The van der Waals surface area contributed by atoms with Crippen molar-refractivity contribution in [1.29, 1.82) is 0 Å². The second-order valence-electron chi connectivity index (χ2n) is 7.01. The summed E-state index contributed by atoms with van der Waals surface area (Å²) >= 11 is 0. The van der Waals surface area contributed by atoms with Crippen LogP contribution >= 0.6 is 0 Å². The number of hydrogen-bond acceptors (Lipinski definition) is 3. The molecule has 120 valence electrons. The van der Waals surface area contributed by atoms with Gasteiger partial charge in [-0.3, -0.25) is 0 Å². The van der Waals surface area contributed by atoms with Gasteiger partial charge in [0.05, 0.1) is 5.60 Å². The zero-order valence-electron chi connectivity index (χ0n) is 13.2. The van der Waals surface area contributed by atoms with Crippen molar-refractivity contribution in [3.63, 3.8) is 0 Å². The molecule has 1 aliphatic heterocycles. The molecule has 0 unspecified atom stereocenters. The molecule has 2 aliphatic rings. The molecule has 0 spiro atoms. The van der Waals surface area contributed by atoms with E-state index in [4.69, 9.17) is 0 Å². The lowest BCUT2D eigenvalue weighted by atomic mass is 9.90. The number of hydrogen-bond donors (Lipinski definition) is 1. The highest BCUT2D eigenvalue weighted by Crippen LogP contribution is 2.49. The molecule has 2 fully saturated rings. The van der Waals surface area contributed by atoms with Crippen LogP contribution in [0.5, 0.6) is 0 Å². The third-order valence-corrected chi connectivity index (χ3v) is 5.36. The number of pyridine rings is 1. The van der Waals surface area contributed by atoms with Crippen LogP contribution in [0, 0.1) is 24.6 Å². The molecule has 1 aliphatic carbocycles. The summed E-state index contributed by atoms with van der Waals surface area (Å²) in [7, 11) is 0. The number of nitrogens with zero attached hydrogens (tertiary/aromatic N) is 2. The summed E-state index contributed by atoms with van der Waals surface area (Å²) in [5, 5.41) is 11.0. The third-order valence-electron chi connectivity index (χ3n) is 5.36. The highest BCUT2D eigenvalue weighted by Gasteiger charge is 2.49. The van der Waals surface area contributed by atoms with E-state index >= 15 is 0 Å². The van der Waals surface area contributed by atoms with Gasteiger partial charge in [-0.1, -0.05) is 18.2 Å². The Labute approximate surface area is 135 Å². The largest absolute Gasteiger partial charge is 0.385 e. The number of aryl methyl sites for hydroxylation is 1. The summed E-state index contributed by atoms with van der Waals surface area (Å²) in [5.41, 5.74) is 1.06. The van der Waals surface area contributed by atoms with Crippen molar-refractivity contribution in [3.05, 3.63) is 59.5 Å². The minimum atomic E-state index is -0.810. The first-order valence-electron chi connectivity index (χ1n) is 8.20. The molecule has 3 nitrogen and oxygen atoms in total. The zero-order valence-corrected chi connectivity index (χ0v) is 13.2. The van der Waals surface area contributed by atoms with Crippen molar-refractivity contribution < 1.29 is 9.50 Å². The summed E-state index contributed by atoms with van der Waals surface area (Å²) in [6, 6.07) is 12.4. The van der Waals surface area contributed by atoms with Gasteiger partial charge in [0.2, 0.25) is 0 Å². The van der Waals surface area contributed by atoms with Crippen molar-refractivity contribution in [2.75, 3.05) is 18.0 Å². The van der Waals surface area contributed by atoms with Crippen LogP contribution in [0.2, 0.25) is 0 Å². The Balaban J connectivity index is 1.50. The molecule has 4 rings (SSSR count). The van der Waals surface area contributed by atoms with Crippen molar-refractivity contribution in [2.24, 2.45) is 11.8 Å². The smallest absolute Gasteiger partial charge is 0.128 e. The van der Waals surface area contributed by atoms with Crippen LogP contribution < -0.4 is 4.90 Å². The van der Waals surface area contributed by atoms with Gasteiger partial charge in [0.1, 0.15) is 11.6 Å². The van der Waals surface area contributed by atoms with E-state index in [1.54, 1.807) is 12.1 Å². The van der Waals surface area contributed by atoms with Crippen molar-refractivity contribution in [2.45, 2.75) is 25.4 Å². The quantitative estimate of drug-likeness (QED) is 0.924. The second kappa shape index (κ2) is 5.31. The molecule has 1 aromatic heterocycles. The predicted molar refractivity (Wildman–Crippen MR) is 87.7 cm³/mol.